The van der Waals surface area contributed by atoms with Gasteiger partial charge in [0.15, 0.2) is 6.61 Å². The molecule has 1 rings (SSSR count). The van der Waals surface area contributed by atoms with Crippen LogP contribution in [0.5, 0.6) is 5.75 Å². The van der Waals surface area contributed by atoms with Crippen LogP contribution in [0.15, 0.2) is 18.2 Å². The first kappa shape index (κ1) is 11.5. The molecule has 1 aromatic rings. The summed E-state index contributed by atoms with van der Waals surface area (Å²) in [6.07, 6.45) is -4.37. The van der Waals surface area contributed by atoms with E-state index in [9.17, 15) is 13.2 Å². The molecule has 0 heterocycles. The van der Waals surface area contributed by atoms with Crippen molar-refractivity contribution in [1.29, 1.82) is 0 Å². The van der Waals surface area contributed by atoms with Gasteiger partial charge in [-0.15, -0.1) is 0 Å². The van der Waals surface area contributed by atoms with Gasteiger partial charge in [0.1, 0.15) is 5.75 Å². The van der Waals surface area contributed by atoms with Gasteiger partial charge in [-0.05, 0) is 18.2 Å². The molecule has 78 valence electrons. The first-order chi connectivity index (χ1) is 6.38. The number of benzene rings is 1. The van der Waals surface area contributed by atoms with E-state index < -0.39 is 12.8 Å². The maximum Gasteiger partial charge on any atom is 0.422 e. The van der Waals surface area contributed by atoms with Crippen molar-refractivity contribution in [2.45, 2.75) is 6.18 Å². The molecule has 0 spiro atoms. The van der Waals surface area contributed by atoms with E-state index in [1.165, 1.54) is 18.2 Å². The van der Waals surface area contributed by atoms with Gasteiger partial charge in [-0.1, -0.05) is 23.2 Å². The van der Waals surface area contributed by atoms with E-state index in [0.717, 1.165) is 0 Å². The summed E-state index contributed by atoms with van der Waals surface area (Å²) in [5.41, 5.74) is 0. The van der Waals surface area contributed by atoms with Gasteiger partial charge >= 0.3 is 6.18 Å². The summed E-state index contributed by atoms with van der Waals surface area (Å²) in [5.74, 6) is -0.0339. The predicted molar refractivity (Wildman–Crippen MR) is 48.0 cm³/mol. The Morgan fingerprint density at radius 3 is 2.36 bits per heavy atom. The van der Waals surface area contributed by atoms with Crippen molar-refractivity contribution >= 4 is 23.2 Å². The minimum Gasteiger partial charge on any atom is -0.483 e. The lowest BCUT2D eigenvalue weighted by Gasteiger charge is -2.10. The highest BCUT2D eigenvalue weighted by molar-refractivity contribution is 6.35. The Morgan fingerprint density at radius 1 is 1.21 bits per heavy atom. The lowest BCUT2D eigenvalue weighted by Crippen LogP contribution is -2.19. The second-order valence-electron chi connectivity index (χ2n) is 2.48. The van der Waals surface area contributed by atoms with Gasteiger partial charge in [0.05, 0.1) is 5.02 Å². The largest absolute Gasteiger partial charge is 0.483 e. The summed E-state index contributed by atoms with van der Waals surface area (Å²) in [4.78, 5) is 0. The lowest BCUT2D eigenvalue weighted by atomic mass is 10.3. The van der Waals surface area contributed by atoms with E-state index >= 15 is 0 Å². The molecular weight excluding hydrogens is 240 g/mol. The van der Waals surface area contributed by atoms with Crippen LogP contribution in [0.25, 0.3) is 0 Å². The van der Waals surface area contributed by atoms with Gasteiger partial charge < -0.3 is 4.74 Å². The molecule has 0 N–H and O–H groups in total. The smallest absolute Gasteiger partial charge is 0.422 e. The molecule has 6 heteroatoms. The average molecular weight is 245 g/mol. The van der Waals surface area contributed by atoms with Crippen molar-refractivity contribution in [3.05, 3.63) is 28.2 Å². The van der Waals surface area contributed by atoms with Crippen LogP contribution in [0, 0.1) is 0 Å². The highest BCUT2D eigenvalue weighted by atomic mass is 35.5. The number of hydrogen-bond donors (Lipinski definition) is 0. The lowest BCUT2D eigenvalue weighted by molar-refractivity contribution is -0.153. The highest BCUT2D eigenvalue weighted by Crippen LogP contribution is 2.28. The molecular formula is C8H5Cl2F3O. The Bertz CT molecular complexity index is 325. The molecule has 0 bridgehead atoms. The normalized spacial score (nSPS) is 11.5. The highest BCUT2D eigenvalue weighted by Gasteiger charge is 2.28. The summed E-state index contributed by atoms with van der Waals surface area (Å²) in [6.45, 7) is -1.37. The van der Waals surface area contributed by atoms with Crippen molar-refractivity contribution in [2.24, 2.45) is 0 Å². The number of ether oxygens (including phenoxy) is 1. The molecule has 0 fully saturated rings. The van der Waals surface area contributed by atoms with E-state index in [2.05, 4.69) is 4.74 Å². The maximum atomic E-state index is 11.8. The van der Waals surface area contributed by atoms with Crippen LogP contribution in [-0.4, -0.2) is 12.8 Å². The zero-order valence-electron chi connectivity index (χ0n) is 6.74. The van der Waals surface area contributed by atoms with Gasteiger partial charge in [-0.25, -0.2) is 0 Å². The topological polar surface area (TPSA) is 9.23 Å². The molecule has 0 atom stereocenters. The molecule has 0 radical (unpaired) electrons. The second-order valence-corrected chi connectivity index (χ2v) is 3.32. The zero-order valence-corrected chi connectivity index (χ0v) is 8.25. The first-order valence-electron chi connectivity index (χ1n) is 3.53. The van der Waals surface area contributed by atoms with E-state index in [1.54, 1.807) is 0 Å². The fraction of sp³-hybridized carbons (Fsp3) is 0.250. The third kappa shape index (κ3) is 3.64. The van der Waals surface area contributed by atoms with Crippen molar-refractivity contribution < 1.29 is 17.9 Å². The van der Waals surface area contributed by atoms with E-state index in [4.69, 9.17) is 23.2 Å². The summed E-state index contributed by atoms with van der Waals surface area (Å²) in [6, 6.07) is 4.00. The standard InChI is InChI=1S/C8H5Cl2F3O/c9-5-1-2-7(6(10)3-5)14-4-8(11,12)13/h1-3H,4H2. The van der Waals surface area contributed by atoms with Crippen molar-refractivity contribution in [1.82, 2.24) is 0 Å². The number of alkyl halides is 3. The molecule has 0 saturated carbocycles. The van der Waals surface area contributed by atoms with Crippen molar-refractivity contribution in [2.75, 3.05) is 6.61 Å². The SMILES string of the molecule is FC(F)(F)COc1ccc(Cl)cc1Cl. The van der Waals surface area contributed by atoms with Gasteiger partial charge in [0.2, 0.25) is 0 Å². The summed E-state index contributed by atoms with van der Waals surface area (Å²) < 4.78 is 39.7. The molecule has 14 heavy (non-hydrogen) atoms. The minimum atomic E-state index is -4.37. The van der Waals surface area contributed by atoms with Crippen LogP contribution in [-0.2, 0) is 0 Å². The Hall–Kier alpha value is -0.610. The molecule has 0 aliphatic carbocycles. The van der Waals surface area contributed by atoms with Crippen LogP contribution in [0.4, 0.5) is 13.2 Å². The molecule has 0 aliphatic rings. The fourth-order valence-electron chi connectivity index (χ4n) is 0.752. The minimum absolute atomic E-state index is 0.0339. The Balaban J connectivity index is 2.68. The Kier molecular flexibility index (Phi) is 3.50. The van der Waals surface area contributed by atoms with Crippen molar-refractivity contribution in [3.63, 3.8) is 0 Å². The molecule has 0 aromatic heterocycles. The van der Waals surface area contributed by atoms with Gasteiger partial charge in [0.25, 0.3) is 0 Å². The Labute approximate surface area is 88.4 Å². The van der Waals surface area contributed by atoms with Crippen LogP contribution < -0.4 is 4.74 Å². The number of rotatable bonds is 2. The molecule has 0 aliphatic heterocycles. The average Bonchev–Trinajstić information content (AvgIpc) is 2.00. The van der Waals surface area contributed by atoms with Crippen molar-refractivity contribution in [3.8, 4) is 5.75 Å². The molecule has 0 saturated heterocycles. The molecule has 1 aromatic carbocycles. The maximum absolute atomic E-state index is 11.8. The fourth-order valence-corrected chi connectivity index (χ4v) is 1.21. The quantitative estimate of drug-likeness (QED) is 0.766. The van der Waals surface area contributed by atoms with Crippen LogP contribution >= 0.6 is 23.2 Å². The van der Waals surface area contributed by atoms with Crippen LogP contribution in [0.1, 0.15) is 0 Å². The molecule has 1 nitrogen and oxygen atoms in total. The van der Waals surface area contributed by atoms with Gasteiger partial charge in [-0.3, -0.25) is 0 Å². The number of hydrogen-bond acceptors (Lipinski definition) is 1. The molecule has 0 amide bonds. The monoisotopic (exact) mass is 244 g/mol. The molecule has 0 unspecified atom stereocenters. The predicted octanol–water partition coefficient (Wildman–Crippen LogP) is 3.93. The number of halogens is 5. The van der Waals surface area contributed by atoms with E-state index in [0.29, 0.717) is 5.02 Å². The van der Waals surface area contributed by atoms with E-state index in [1.807, 2.05) is 0 Å². The zero-order chi connectivity index (χ0) is 10.8. The van der Waals surface area contributed by atoms with E-state index in [-0.39, 0.29) is 10.8 Å². The van der Waals surface area contributed by atoms with Gasteiger partial charge in [0, 0.05) is 5.02 Å². The summed E-state index contributed by atoms with van der Waals surface area (Å²) in [5, 5.41) is 0.399. The van der Waals surface area contributed by atoms with Gasteiger partial charge in [-0.2, -0.15) is 13.2 Å². The third-order valence-electron chi connectivity index (χ3n) is 1.29. The van der Waals surface area contributed by atoms with Crippen LogP contribution in [0.3, 0.4) is 0 Å². The second kappa shape index (κ2) is 4.28. The Morgan fingerprint density at radius 2 is 1.86 bits per heavy atom. The van der Waals surface area contributed by atoms with Crippen LogP contribution in [0.2, 0.25) is 10.0 Å². The summed E-state index contributed by atoms with van der Waals surface area (Å²) >= 11 is 11.1. The summed E-state index contributed by atoms with van der Waals surface area (Å²) in [7, 11) is 0. The first-order valence-corrected chi connectivity index (χ1v) is 4.29. The third-order valence-corrected chi connectivity index (χ3v) is 1.82.